The van der Waals surface area contributed by atoms with Crippen molar-refractivity contribution < 1.29 is 0 Å². The number of para-hydroxylation sites is 1. The Hall–Kier alpha value is -6.44. The highest BCUT2D eigenvalue weighted by atomic mass is 15.0. The molecule has 1 heteroatoms. The summed E-state index contributed by atoms with van der Waals surface area (Å²) >= 11 is 0. The minimum absolute atomic E-state index is 0.970. The van der Waals surface area contributed by atoms with Crippen LogP contribution in [0.4, 0.5) is 0 Å². The van der Waals surface area contributed by atoms with Gasteiger partial charge in [-0.2, -0.15) is 0 Å². The third kappa shape index (κ3) is 4.70. The average molecular weight is 636 g/mol. The highest BCUT2D eigenvalue weighted by Gasteiger charge is 2.22. The Kier molecular flexibility index (Phi) is 6.63. The zero-order chi connectivity index (χ0) is 33.0. The van der Waals surface area contributed by atoms with Crippen LogP contribution >= 0.6 is 0 Å². The molecule has 50 heavy (non-hydrogen) atoms. The summed E-state index contributed by atoms with van der Waals surface area (Å²) in [7, 11) is 0. The summed E-state index contributed by atoms with van der Waals surface area (Å²) in [6.07, 6.45) is 0.970. The molecule has 0 atom stereocenters. The summed E-state index contributed by atoms with van der Waals surface area (Å²) in [4.78, 5) is 0. The number of nitrogens with zero attached hydrogens (tertiary/aromatic N) is 1. The molecular weight excluding hydrogens is 603 g/mol. The monoisotopic (exact) mass is 635 g/mol. The SMILES string of the molecule is c1ccc(-c2cc(-c3ccccc3)cc(-c3cccc(-n4c5ccccc5c5ccc(-c6cccc7c6Cc6ccccc6-7)cc54)c3)c2)cc1. The van der Waals surface area contributed by atoms with Gasteiger partial charge in [0, 0.05) is 16.5 Å². The molecule has 9 aromatic rings. The maximum Gasteiger partial charge on any atom is 0.0547 e. The van der Waals surface area contributed by atoms with E-state index in [0.29, 0.717) is 0 Å². The van der Waals surface area contributed by atoms with Gasteiger partial charge in [0.15, 0.2) is 0 Å². The van der Waals surface area contributed by atoms with E-state index in [9.17, 15) is 0 Å². The summed E-state index contributed by atoms with van der Waals surface area (Å²) in [5.74, 6) is 0. The van der Waals surface area contributed by atoms with Crippen LogP contribution in [-0.2, 0) is 6.42 Å². The van der Waals surface area contributed by atoms with Gasteiger partial charge in [-0.3, -0.25) is 0 Å². The molecule has 0 saturated carbocycles. The molecule has 0 aliphatic heterocycles. The van der Waals surface area contributed by atoms with E-state index in [1.165, 1.54) is 88.6 Å². The van der Waals surface area contributed by atoms with Crippen molar-refractivity contribution in [2.75, 3.05) is 0 Å². The molecule has 0 radical (unpaired) electrons. The Balaban J connectivity index is 1.15. The van der Waals surface area contributed by atoms with Crippen LogP contribution < -0.4 is 0 Å². The van der Waals surface area contributed by atoms with Crippen LogP contribution in [0.15, 0.2) is 188 Å². The first kappa shape index (κ1) is 28.6. The normalized spacial score (nSPS) is 11.9. The lowest BCUT2D eigenvalue weighted by Crippen LogP contribution is -1.95. The van der Waals surface area contributed by atoms with Crippen LogP contribution in [0.2, 0.25) is 0 Å². The second-order valence-corrected chi connectivity index (χ2v) is 13.3. The predicted octanol–water partition coefficient (Wildman–Crippen LogP) is 13.0. The van der Waals surface area contributed by atoms with Crippen LogP contribution in [0.3, 0.4) is 0 Å². The van der Waals surface area contributed by atoms with Crippen LogP contribution in [0, 0.1) is 0 Å². The van der Waals surface area contributed by atoms with Crippen molar-refractivity contribution in [2.24, 2.45) is 0 Å². The standard InChI is InChI=1S/C49H33N/c1-3-13-33(14-4-1)38-27-39(34-15-5-2-6-16-34)29-40(28-38)35-18-11-19-41(30-35)50-48-24-10-9-21-45(48)46-26-25-37(32-49(46)50)43-22-12-23-44-42-20-8-7-17-36(42)31-47(43)44/h1-30,32H,31H2. The van der Waals surface area contributed by atoms with Crippen molar-refractivity contribution in [3.05, 3.63) is 199 Å². The van der Waals surface area contributed by atoms with E-state index >= 15 is 0 Å². The Labute approximate surface area is 292 Å². The zero-order valence-corrected chi connectivity index (χ0v) is 27.6. The molecule has 0 amide bonds. The molecule has 0 unspecified atom stereocenters. The Morgan fingerprint density at radius 2 is 0.900 bits per heavy atom. The van der Waals surface area contributed by atoms with Gasteiger partial charge in [-0.05, 0) is 116 Å². The number of hydrogen-bond donors (Lipinski definition) is 0. The highest BCUT2D eigenvalue weighted by Crippen LogP contribution is 2.43. The third-order valence-corrected chi connectivity index (χ3v) is 10.4. The van der Waals surface area contributed by atoms with Gasteiger partial charge >= 0.3 is 0 Å². The molecule has 0 bridgehead atoms. The quantitative estimate of drug-likeness (QED) is 0.177. The molecule has 8 aromatic carbocycles. The van der Waals surface area contributed by atoms with Gasteiger partial charge in [0.1, 0.15) is 0 Å². The van der Waals surface area contributed by atoms with E-state index in [0.717, 1.165) is 12.1 Å². The van der Waals surface area contributed by atoms with Crippen LogP contribution in [0.5, 0.6) is 0 Å². The van der Waals surface area contributed by atoms with E-state index in [4.69, 9.17) is 0 Å². The van der Waals surface area contributed by atoms with Gasteiger partial charge in [0.05, 0.1) is 11.0 Å². The first-order valence-electron chi connectivity index (χ1n) is 17.4. The number of benzene rings is 8. The molecule has 0 spiro atoms. The number of fused-ring (bicyclic) bond motifs is 6. The first-order chi connectivity index (χ1) is 24.8. The summed E-state index contributed by atoms with van der Waals surface area (Å²) in [6, 6.07) is 68.9. The maximum absolute atomic E-state index is 2.45. The van der Waals surface area contributed by atoms with Gasteiger partial charge in [0.2, 0.25) is 0 Å². The van der Waals surface area contributed by atoms with Crippen LogP contribution in [0.1, 0.15) is 11.1 Å². The second kappa shape index (κ2) is 11.6. The van der Waals surface area contributed by atoms with Gasteiger partial charge in [-0.25, -0.2) is 0 Å². The van der Waals surface area contributed by atoms with Gasteiger partial charge in [-0.15, -0.1) is 0 Å². The fourth-order valence-corrected chi connectivity index (χ4v) is 8.06. The number of rotatable bonds is 5. The van der Waals surface area contributed by atoms with Gasteiger partial charge in [-0.1, -0.05) is 146 Å². The summed E-state index contributed by atoms with van der Waals surface area (Å²) in [6.45, 7) is 0. The largest absolute Gasteiger partial charge is 0.309 e. The lowest BCUT2D eigenvalue weighted by molar-refractivity contribution is 1.18. The number of hydrogen-bond acceptors (Lipinski definition) is 0. The Morgan fingerprint density at radius 1 is 0.320 bits per heavy atom. The van der Waals surface area contributed by atoms with Crippen molar-refractivity contribution in [1.29, 1.82) is 0 Å². The smallest absolute Gasteiger partial charge is 0.0547 e. The van der Waals surface area contributed by atoms with Crippen molar-refractivity contribution in [1.82, 2.24) is 4.57 Å². The van der Waals surface area contributed by atoms with E-state index < -0.39 is 0 Å². The molecule has 1 nitrogen and oxygen atoms in total. The summed E-state index contributed by atoms with van der Waals surface area (Å²) in [5.41, 5.74) is 19.0. The minimum atomic E-state index is 0.970. The molecular formula is C49H33N. The molecule has 1 heterocycles. The lowest BCUT2D eigenvalue weighted by Gasteiger charge is -2.14. The van der Waals surface area contributed by atoms with Crippen molar-refractivity contribution >= 4 is 21.8 Å². The highest BCUT2D eigenvalue weighted by molar-refractivity contribution is 6.10. The van der Waals surface area contributed by atoms with Crippen molar-refractivity contribution in [3.8, 4) is 61.3 Å². The zero-order valence-electron chi connectivity index (χ0n) is 27.6. The molecule has 0 fully saturated rings. The Morgan fingerprint density at radius 3 is 1.68 bits per heavy atom. The maximum atomic E-state index is 2.45. The van der Waals surface area contributed by atoms with Gasteiger partial charge < -0.3 is 4.57 Å². The molecule has 1 aliphatic rings. The van der Waals surface area contributed by atoms with E-state index in [2.05, 4.69) is 193 Å². The fourth-order valence-electron chi connectivity index (χ4n) is 8.06. The molecule has 234 valence electrons. The van der Waals surface area contributed by atoms with Crippen molar-refractivity contribution in [2.45, 2.75) is 6.42 Å². The molecule has 10 rings (SSSR count). The second-order valence-electron chi connectivity index (χ2n) is 13.3. The summed E-state index contributed by atoms with van der Waals surface area (Å²) < 4.78 is 2.45. The number of aromatic nitrogens is 1. The van der Waals surface area contributed by atoms with E-state index in [1.54, 1.807) is 0 Å². The fraction of sp³-hybridized carbons (Fsp3) is 0.0204. The molecule has 1 aromatic heterocycles. The average Bonchev–Trinajstić information content (AvgIpc) is 3.74. The topological polar surface area (TPSA) is 4.93 Å². The van der Waals surface area contributed by atoms with Crippen LogP contribution in [-0.4, -0.2) is 4.57 Å². The molecule has 0 N–H and O–H groups in total. The van der Waals surface area contributed by atoms with Crippen LogP contribution in [0.25, 0.3) is 83.1 Å². The Bertz CT molecular complexity index is 2660. The lowest BCUT2D eigenvalue weighted by atomic mass is 9.93. The summed E-state index contributed by atoms with van der Waals surface area (Å²) in [5, 5.41) is 2.53. The van der Waals surface area contributed by atoms with E-state index in [1.807, 2.05) is 0 Å². The predicted molar refractivity (Wildman–Crippen MR) is 211 cm³/mol. The first-order valence-corrected chi connectivity index (χ1v) is 17.4. The third-order valence-electron chi connectivity index (χ3n) is 10.4. The van der Waals surface area contributed by atoms with E-state index in [-0.39, 0.29) is 0 Å². The molecule has 0 saturated heterocycles. The van der Waals surface area contributed by atoms with Gasteiger partial charge in [0.25, 0.3) is 0 Å². The molecule has 1 aliphatic carbocycles. The van der Waals surface area contributed by atoms with Crippen molar-refractivity contribution in [3.63, 3.8) is 0 Å². The minimum Gasteiger partial charge on any atom is -0.309 e.